The minimum atomic E-state index is -0.179. The standard InChI is InChI=1S/C24H30Cl2N4O2/c25-18-2-1-3-19(20(18)26)30-15-13-29(14-16-30)12-10-23-4-7-24(8-5-23,9-6-23)28-21(31)22-27-11-17-32-22/h1-3,11,17H,4-10,12-16H2,(H,28,31). The molecule has 0 unspecified atom stereocenters. The monoisotopic (exact) mass is 476 g/mol. The van der Waals surface area contributed by atoms with Crippen molar-refractivity contribution in [3.8, 4) is 0 Å². The number of fused-ring (bicyclic) bond motifs is 3. The van der Waals surface area contributed by atoms with Crippen LogP contribution in [0.3, 0.4) is 0 Å². The third-order valence-electron chi connectivity index (χ3n) is 8.01. The van der Waals surface area contributed by atoms with Crippen LogP contribution in [0.5, 0.6) is 0 Å². The third-order valence-corrected chi connectivity index (χ3v) is 8.82. The molecule has 2 bridgehead atoms. The number of oxazole rings is 1. The number of anilines is 1. The number of halogens is 2. The van der Waals surface area contributed by atoms with Crippen LogP contribution < -0.4 is 10.2 Å². The van der Waals surface area contributed by atoms with Gasteiger partial charge in [-0.2, -0.15) is 0 Å². The zero-order chi connectivity index (χ0) is 22.2. The lowest BCUT2D eigenvalue weighted by molar-refractivity contribution is 0.00953. The number of nitrogens with one attached hydrogen (secondary N) is 1. The zero-order valence-electron chi connectivity index (χ0n) is 18.3. The van der Waals surface area contributed by atoms with Gasteiger partial charge in [-0.25, -0.2) is 4.98 Å². The van der Waals surface area contributed by atoms with Crippen LogP contribution in [0.1, 0.15) is 55.6 Å². The van der Waals surface area contributed by atoms with Gasteiger partial charge in [0, 0.05) is 31.7 Å². The van der Waals surface area contributed by atoms with E-state index in [2.05, 4.69) is 26.2 Å². The predicted octanol–water partition coefficient (Wildman–Crippen LogP) is 5.02. The summed E-state index contributed by atoms with van der Waals surface area (Å²) in [7, 11) is 0. The van der Waals surface area contributed by atoms with Gasteiger partial charge in [-0.3, -0.25) is 9.69 Å². The van der Waals surface area contributed by atoms with Gasteiger partial charge in [0.2, 0.25) is 0 Å². The molecule has 1 aromatic carbocycles. The first-order valence-corrected chi connectivity index (χ1v) is 12.4. The Balaban J connectivity index is 1.10. The number of carbonyl (C=O) groups is 1. The lowest BCUT2D eigenvalue weighted by atomic mass is 9.56. The molecule has 6 rings (SSSR count). The number of hydrogen-bond acceptors (Lipinski definition) is 5. The van der Waals surface area contributed by atoms with E-state index in [0.717, 1.165) is 57.7 Å². The number of rotatable bonds is 6. The molecule has 0 spiro atoms. The van der Waals surface area contributed by atoms with E-state index in [4.69, 9.17) is 27.6 Å². The van der Waals surface area contributed by atoms with Crippen LogP contribution in [0.15, 0.2) is 35.1 Å². The maximum Gasteiger partial charge on any atom is 0.307 e. The Labute approximate surface area is 199 Å². The molecule has 8 heteroatoms. The molecule has 1 N–H and O–H groups in total. The first-order valence-electron chi connectivity index (χ1n) is 11.6. The third kappa shape index (κ3) is 4.37. The van der Waals surface area contributed by atoms with E-state index in [1.165, 1.54) is 38.1 Å². The molecule has 3 aliphatic carbocycles. The predicted molar refractivity (Wildman–Crippen MR) is 127 cm³/mol. The van der Waals surface area contributed by atoms with E-state index in [1.807, 2.05) is 12.1 Å². The summed E-state index contributed by atoms with van der Waals surface area (Å²) in [4.78, 5) is 21.4. The van der Waals surface area contributed by atoms with E-state index < -0.39 is 0 Å². The van der Waals surface area contributed by atoms with E-state index in [0.29, 0.717) is 15.5 Å². The molecule has 0 radical (unpaired) electrons. The van der Waals surface area contributed by atoms with Crippen LogP contribution in [0.4, 0.5) is 5.69 Å². The van der Waals surface area contributed by atoms with Crippen molar-refractivity contribution in [1.82, 2.24) is 15.2 Å². The van der Waals surface area contributed by atoms with Gasteiger partial charge in [-0.1, -0.05) is 29.3 Å². The molecule has 2 aromatic rings. The average molecular weight is 477 g/mol. The van der Waals surface area contributed by atoms with Crippen molar-refractivity contribution in [2.24, 2.45) is 5.41 Å². The fourth-order valence-corrected chi connectivity index (χ4v) is 6.22. The maximum absolute atomic E-state index is 12.4. The SMILES string of the molecule is O=C(NC12CCC(CCN3CCN(c4cccc(Cl)c4Cl)CC3)(CC1)CC2)c1ncco1. The van der Waals surface area contributed by atoms with Crippen LogP contribution >= 0.6 is 23.2 Å². The summed E-state index contributed by atoms with van der Waals surface area (Å²) in [5.41, 5.74) is 1.40. The van der Waals surface area contributed by atoms with Gasteiger partial charge in [0.15, 0.2) is 0 Å². The topological polar surface area (TPSA) is 61.6 Å². The van der Waals surface area contributed by atoms with Gasteiger partial charge >= 0.3 is 5.91 Å². The second kappa shape index (κ2) is 8.88. The molecule has 4 aliphatic rings. The summed E-state index contributed by atoms with van der Waals surface area (Å²) >= 11 is 12.6. The van der Waals surface area contributed by atoms with E-state index >= 15 is 0 Å². The fraction of sp³-hybridized carbons (Fsp3) is 0.583. The van der Waals surface area contributed by atoms with Crippen molar-refractivity contribution < 1.29 is 9.21 Å². The number of aromatic nitrogens is 1. The van der Waals surface area contributed by atoms with Gasteiger partial charge in [-0.15, -0.1) is 0 Å². The molecule has 6 nitrogen and oxygen atoms in total. The number of piperazine rings is 1. The number of nitrogens with zero attached hydrogens (tertiary/aromatic N) is 3. The minimum Gasteiger partial charge on any atom is -0.441 e. The smallest absolute Gasteiger partial charge is 0.307 e. The van der Waals surface area contributed by atoms with Gasteiger partial charge in [-0.05, 0) is 69.0 Å². The molecule has 1 aliphatic heterocycles. The Morgan fingerprint density at radius 3 is 2.44 bits per heavy atom. The molecular formula is C24H30Cl2N4O2. The molecule has 172 valence electrons. The largest absolute Gasteiger partial charge is 0.441 e. The lowest BCUT2D eigenvalue weighted by Gasteiger charge is -2.54. The van der Waals surface area contributed by atoms with Crippen LogP contribution in [0.2, 0.25) is 10.0 Å². The molecule has 1 aromatic heterocycles. The summed E-state index contributed by atoms with van der Waals surface area (Å²) in [6.07, 6.45) is 11.0. The second-order valence-corrected chi connectivity index (χ2v) is 10.5. The van der Waals surface area contributed by atoms with Gasteiger partial charge in [0.25, 0.3) is 5.89 Å². The number of amides is 1. The quantitative estimate of drug-likeness (QED) is 0.634. The molecule has 0 atom stereocenters. The molecule has 1 amide bonds. The lowest BCUT2D eigenvalue weighted by Crippen LogP contribution is -2.57. The van der Waals surface area contributed by atoms with Crippen LogP contribution in [-0.4, -0.2) is 54.1 Å². The van der Waals surface area contributed by atoms with Crippen molar-refractivity contribution in [2.45, 2.75) is 50.5 Å². The van der Waals surface area contributed by atoms with Crippen molar-refractivity contribution >= 4 is 34.8 Å². The number of hydrogen-bond donors (Lipinski definition) is 1. The first-order chi connectivity index (χ1) is 15.5. The normalized spacial score (nSPS) is 28.1. The molecule has 32 heavy (non-hydrogen) atoms. The minimum absolute atomic E-state index is 0.0743. The Bertz CT molecular complexity index is 932. The Morgan fingerprint density at radius 2 is 1.78 bits per heavy atom. The summed E-state index contributed by atoms with van der Waals surface area (Å²) in [6, 6.07) is 5.86. The highest BCUT2D eigenvalue weighted by Crippen LogP contribution is 2.54. The number of carbonyl (C=O) groups excluding carboxylic acids is 1. The molecule has 4 fully saturated rings. The Morgan fingerprint density at radius 1 is 1.06 bits per heavy atom. The van der Waals surface area contributed by atoms with E-state index in [9.17, 15) is 4.79 Å². The average Bonchev–Trinajstić information content (AvgIpc) is 3.37. The fourth-order valence-electron chi connectivity index (χ4n) is 5.80. The highest BCUT2D eigenvalue weighted by Gasteiger charge is 2.49. The van der Waals surface area contributed by atoms with Crippen molar-refractivity contribution in [1.29, 1.82) is 0 Å². The van der Waals surface area contributed by atoms with Crippen LogP contribution in [0, 0.1) is 5.41 Å². The van der Waals surface area contributed by atoms with Crippen molar-refractivity contribution in [3.05, 3.63) is 46.6 Å². The molecule has 1 saturated heterocycles. The van der Waals surface area contributed by atoms with Gasteiger partial charge < -0.3 is 14.6 Å². The van der Waals surface area contributed by atoms with E-state index in [1.54, 1.807) is 0 Å². The highest BCUT2D eigenvalue weighted by atomic mass is 35.5. The molecule has 3 saturated carbocycles. The number of benzene rings is 1. The second-order valence-electron chi connectivity index (χ2n) is 9.72. The summed E-state index contributed by atoms with van der Waals surface area (Å²) in [5.74, 6) is -0.0120. The van der Waals surface area contributed by atoms with Crippen LogP contribution in [-0.2, 0) is 0 Å². The summed E-state index contributed by atoms with van der Waals surface area (Å²) in [6.45, 7) is 5.20. The van der Waals surface area contributed by atoms with Crippen molar-refractivity contribution in [3.63, 3.8) is 0 Å². The van der Waals surface area contributed by atoms with E-state index in [-0.39, 0.29) is 17.3 Å². The highest BCUT2D eigenvalue weighted by molar-refractivity contribution is 6.43. The van der Waals surface area contributed by atoms with Crippen LogP contribution in [0.25, 0.3) is 0 Å². The summed E-state index contributed by atoms with van der Waals surface area (Å²) < 4.78 is 5.17. The van der Waals surface area contributed by atoms with Gasteiger partial charge in [0.05, 0.1) is 21.9 Å². The first kappa shape index (κ1) is 22.1. The van der Waals surface area contributed by atoms with Gasteiger partial charge in [0.1, 0.15) is 6.26 Å². The zero-order valence-corrected chi connectivity index (χ0v) is 19.8. The molecular weight excluding hydrogens is 447 g/mol. The Kier molecular flexibility index (Phi) is 6.12. The Hall–Kier alpha value is -1.76. The maximum atomic E-state index is 12.4. The summed E-state index contributed by atoms with van der Waals surface area (Å²) in [5, 5.41) is 4.52. The van der Waals surface area contributed by atoms with Crippen molar-refractivity contribution in [2.75, 3.05) is 37.6 Å². The molecule has 2 heterocycles.